The van der Waals surface area contributed by atoms with Crippen molar-refractivity contribution in [3.63, 3.8) is 0 Å². The summed E-state index contributed by atoms with van der Waals surface area (Å²) in [5.74, 6) is -0.401. The Morgan fingerprint density at radius 1 is 0.744 bits per heavy atom. The molecule has 0 spiro atoms. The predicted molar refractivity (Wildman–Crippen MR) is 176 cm³/mol. The summed E-state index contributed by atoms with van der Waals surface area (Å²) in [6.45, 7) is 4.81. The molecule has 0 saturated carbocycles. The molecular formula is C34H60NO7P. The quantitative estimate of drug-likeness (QED) is 0.0290. The number of hydrogen-bond acceptors (Lipinski definition) is 7. The third-order valence-electron chi connectivity index (χ3n) is 6.05. The van der Waals surface area contributed by atoms with E-state index in [-0.39, 0.29) is 26.2 Å². The van der Waals surface area contributed by atoms with Gasteiger partial charge in [0.25, 0.3) is 7.82 Å². The Morgan fingerprint density at radius 3 is 1.86 bits per heavy atom. The van der Waals surface area contributed by atoms with Crippen LogP contribution in [0.4, 0.5) is 0 Å². The van der Waals surface area contributed by atoms with Gasteiger partial charge in [0.1, 0.15) is 19.3 Å². The number of phosphoric ester groups is 1. The molecule has 0 bridgehead atoms. The lowest BCUT2D eigenvalue weighted by Crippen LogP contribution is -2.37. The van der Waals surface area contributed by atoms with Crippen LogP contribution in [0.2, 0.25) is 0 Å². The predicted octanol–water partition coefficient (Wildman–Crippen LogP) is 7.62. The number of likely N-dealkylation sites (N-methyl/N-ethyl adjacent to an activating group) is 1. The van der Waals surface area contributed by atoms with E-state index in [0.29, 0.717) is 24.1 Å². The summed E-state index contributed by atoms with van der Waals surface area (Å²) in [5, 5.41) is 0. The Morgan fingerprint density at radius 2 is 1.30 bits per heavy atom. The van der Waals surface area contributed by atoms with Crippen molar-refractivity contribution in [3.8, 4) is 0 Å². The molecule has 2 unspecified atom stereocenters. The normalized spacial score (nSPS) is 15.0. The number of allylic oxidation sites excluding steroid dienone is 10. The monoisotopic (exact) mass is 625 g/mol. The second-order valence-electron chi connectivity index (χ2n) is 11.4. The van der Waals surface area contributed by atoms with Crippen LogP contribution >= 0.6 is 7.82 Å². The topological polar surface area (TPSA) is 94.1 Å². The van der Waals surface area contributed by atoms with E-state index >= 15 is 0 Å². The number of nitrogens with zero attached hydrogens (tertiary/aromatic N) is 1. The second kappa shape index (κ2) is 27.7. The molecule has 0 radical (unpaired) electrons. The third kappa shape index (κ3) is 31.4. The molecule has 0 aliphatic heterocycles. The molecule has 2 atom stereocenters. The van der Waals surface area contributed by atoms with E-state index in [0.717, 1.165) is 64.2 Å². The number of rotatable bonds is 28. The van der Waals surface area contributed by atoms with Gasteiger partial charge in [-0.15, -0.1) is 0 Å². The fraction of sp³-hybridized carbons (Fsp3) is 0.676. The Hall–Kier alpha value is -1.80. The van der Waals surface area contributed by atoms with Crippen LogP contribution in [0.5, 0.6) is 0 Å². The molecular weight excluding hydrogens is 565 g/mol. The van der Waals surface area contributed by atoms with Gasteiger partial charge >= 0.3 is 5.97 Å². The number of phosphoric acid groups is 1. The summed E-state index contributed by atoms with van der Waals surface area (Å²) in [4.78, 5) is 24.0. The highest BCUT2D eigenvalue weighted by Crippen LogP contribution is 2.38. The van der Waals surface area contributed by atoms with Crippen molar-refractivity contribution >= 4 is 13.8 Å². The van der Waals surface area contributed by atoms with Crippen molar-refractivity contribution in [1.82, 2.24) is 0 Å². The first-order valence-corrected chi connectivity index (χ1v) is 17.5. The zero-order chi connectivity index (χ0) is 32.1. The Kier molecular flexibility index (Phi) is 26.6. The van der Waals surface area contributed by atoms with Crippen molar-refractivity contribution in [2.24, 2.45) is 0 Å². The van der Waals surface area contributed by atoms with Crippen LogP contribution in [0, 0.1) is 0 Å². The molecule has 0 aromatic rings. The van der Waals surface area contributed by atoms with E-state index in [9.17, 15) is 14.3 Å². The van der Waals surface area contributed by atoms with Gasteiger partial charge in [0, 0.05) is 13.0 Å². The zero-order valence-corrected chi connectivity index (χ0v) is 28.5. The zero-order valence-electron chi connectivity index (χ0n) is 27.6. The van der Waals surface area contributed by atoms with Gasteiger partial charge in [0.05, 0.1) is 34.4 Å². The highest BCUT2D eigenvalue weighted by Gasteiger charge is 2.20. The lowest BCUT2D eigenvalue weighted by Gasteiger charge is -2.28. The fourth-order valence-electron chi connectivity index (χ4n) is 3.61. The Bertz CT molecular complexity index is 874. The van der Waals surface area contributed by atoms with E-state index in [1.807, 2.05) is 28.1 Å². The summed E-state index contributed by atoms with van der Waals surface area (Å²) in [6.07, 6.45) is 32.4. The van der Waals surface area contributed by atoms with Gasteiger partial charge in [-0.05, 0) is 57.8 Å². The number of quaternary nitrogens is 1. The molecule has 0 aromatic carbocycles. The molecule has 0 amide bonds. The number of carbonyl (C=O) groups excluding carboxylic acids is 1. The van der Waals surface area contributed by atoms with Gasteiger partial charge < -0.3 is 27.9 Å². The first kappa shape index (κ1) is 41.2. The maximum Gasteiger partial charge on any atom is 0.306 e. The van der Waals surface area contributed by atoms with Crippen molar-refractivity contribution in [1.29, 1.82) is 0 Å². The minimum absolute atomic E-state index is 0.0160. The van der Waals surface area contributed by atoms with Crippen LogP contribution in [0.1, 0.15) is 90.9 Å². The molecule has 248 valence electrons. The fourth-order valence-corrected chi connectivity index (χ4v) is 4.34. The SMILES string of the molecule is CC/C=C\C/C=C\C/C=C\C/C=C\C/C=C\CCCCCCOCC(COP(=O)([O-])OCC[N+](C)(C)C)OC(=O)CCC. The van der Waals surface area contributed by atoms with E-state index in [4.69, 9.17) is 18.5 Å². The van der Waals surface area contributed by atoms with Gasteiger partial charge in [-0.1, -0.05) is 87.4 Å². The van der Waals surface area contributed by atoms with Crippen LogP contribution in [-0.2, 0) is 27.9 Å². The van der Waals surface area contributed by atoms with E-state index < -0.39 is 19.9 Å². The molecule has 43 heavy (non-hydrogen) atoms. The Labute approximate surface area is 262 Å². The van der Waals surface area contributed by atoms with Crippen molar-refractivity contribution < 1.29 is 37.3 Å². The van der Waals surface area contributed by atoms with Crippen molar-refractivity contribution in [3.05, 3.63) is 60.8 Å². The van der Waals surface area contributed by atoms with Gasteiger partial charge in [0.15, 0.2) is 0 Å². The first-order valence-electron chi connectivity index (χ1n) is 16.0. The summed E-state index contributed by atoms with van der Waals surface area (Å²) in [6, 6.07) is 0. The van der Waals surface area contributed by atoms with E-state index in [1.54, 1.807) is 0 Å². The number of unbranched alkanes of at least 4 members (excludes halogenated alkanes) is 4. The van der Waals surface area contributed by atoms with Crippen LogP contribution in [-0.4, -0.2) is 70.7 Å². The lowest BCUT2D eigenvalue weighted by atomic mass is 10.1. The maximum atomic E-state index is 12.1. The number of esters is 1. The van der Waals surface area contributed by atoms with Crippen LogP contribution in [0.3, 0.4) is 0 Å². The van der Waals surface area contributed by atoms with E-state index in [2.05, 4.69) is 67.7 Å². The van der Waals surface area contributed by atoms with Gasteiger partial charge in [-0.25, -0.2) is 0 Å². The average molecular weight is 626 g/mol. The summed E-state index contributed by atoms with van der Waals surface area (Å²) < 4.78 is 33.6. The van der Waals surface area contributed by atoms with Gasteiger partial charge in [-0.3, -0.25) is 9.36 Å². The molecule has 0 N–H and O–H groups in total. The van der Waals surface area contributed by atoms with Crippen molar-refractivity contribution in [2.45, 2.75) is 97.0 Å². The molecule has 0 aliphatic rings. The molecule has 0 aromatic heterocycles. The summed E-state index contributed by atoms with van der Waals surface area (Å²) in [5.41, 5.74) is 0. The van der Waals surface area contributed by atoms with Crippen LogP contribution in [0.25, 0.3) is 0 Å². The smallest absolute Gasteiger partial charge is 0.306 e. The average Bonchev–Trinajstić information content (AvgIpc) is 2.93. The summed E-state index contributed by atoms with van der Waals surface area (Å²) >= 11 is 0. The highest BCUT2D eigenvalue weighted by molar-refractivity contribution is 7.45. The van der Waals surface area contributed by atoms with Crippen molar-refractivity contribution in [2.75, 3.05) is 54.1 Å². The van der Waals surface area contributed by atoms with Crippen LogP contribution < -0.4 is 4.89 Å². The highest BCUT2D eigenvalue weighted by atomic mass is 31.2. The molecule has 9 heteroatoms. The van der Waals surface area contributed by atoms with Gasteiger partial charge in [0.2, 0.25) is 0 Å². The lowest BCUT2D eigenvalue weighted by molar-refractivity contribution is -0.870. The molecule has 0 aliphatic carbocycles. The second-order valence-corrected chi connectivity index (χ2v) is 12.8. The molecule has 0 heterocycles. The first-order chi connectivity index (χ1) is 20.6. The molecule has 8 nitrogen and oxygen atoms in total. The number of ether oxygens (including phenoxy) is 2. The maximum absolute atomic E-state index is 12.1. The molecule has 0 saturated heterocycles. The Balaban J connectivity index is 4.01. The minimum atomic E-state index is -4.50. The van der Waals surface area contributed by atoms with Crippen LogP contribution in [0.15, 0.2) is 60.8 Å². The molecule has 0 rings (SSSR count). The minimum Gasteiger partial charge on any atom is -0.756 e. The third-order valence-corrected chi connectivity index (χ3v) is 7.02. The van der Waals surface area contributed by atoms with E-state index in [1.165, 1.54) is 0 Å². The van der Waals surface area contributed by atoms with Gasteiger partial charge in [-0.2, -0.15) is 0 Å². The largest absolute Gasteiger partial charge is 0.756 e. The number of carbonyl (C=O) groups is 1. The summed E-state index contributed by atoms with van der Waals surface area (Å²) in [7, 11) is 1.32. The standard InChI is InChI=1S/C34H60NO7P/c1-6-8-9-10-11-12-13-14-15-16-17-18-19-20-21-22-23-24-25-26-29-39-31-33(42-34(36)27-7-2)32-41-43(37,38)40-30-28-35(3,4)5/h8-9,11-12,14-15,17-18,20-21,33H,6-7,10,13,16,19,22-32H2,1-5H3/b9-8-,12-11-,15-14-,18-17-,21-20-. The number of hydrogen-bond donors (Lipinski definition) is 0. The molecule has 0 fully saturated rings.